The first kappa shape index (κ1) is 14.9. The Morgan fingerprint density at radius 3 is 2.10 bits per heavy atom. The molecule has 2 rings (SSSR count). The molecule has 0 aliphatic rings. The SMILES string of the molecule is COc1cc(OC)cc(OCCNc2ncc(C)cn2)c1. The Bertz CT molecular complexity index is 551. The molecular formula is C15H19N3O3. The number of nitrogens with one attached hydrogen (secondary N) is 1. The van der Waals surface area contributed by atoms with Gasteiger partial charge < -0.3 is 19.5 Å². The van der Waals surface area contributed by atoms with Crippen molar-refractivity contribution in [2.24, 2.45) is 0 Å². The van der Waals surface area contributed by atoms with Gasteiger partial charge in [0.25, 0.3) is 0 Å². The highest BCUT2D eigenvalue weighted by atomic mass is 16.5. The van der Waals surface area contributed by atoms with Crippen molar-refractivity contribution < 1.29 is 14.2 Å². The standard InChI is InChI=1S/C15H19N3O3/c1-11-9-17-15(18-10-11)16-4-5-21-14-7-12(19-2)6-13(8-14)20-3/h6-10H,4-5H2,1-3H3,(H,16,17,18). The Hall–Kier alpha value is -2.50. The lowest BCUT2D eigenvalue weighted by Crippen LogP contribution is -2.13. The Kier molecular flexibility index (Phi) is 5.20. The first-order chi connectivity index (χ1) is 10.2. The molecule has 1 aromatic carbocycles. The van der Waals surface area contributed by atoms with E-state index in [-0.39, 0.29) is 0 Å². The van der Waals surface area contributed by atoms with E-state index in [0.717, 1.165) is 5.56 Å². The summed E-state index contributed by atoms with van der Waals surface area (Å²) in [6.45, 7) is 3.03. The van der Waals surface area contributed by atoms with Gasteiger partial charge in [0.15, 0.2) is 0 Å². The second kappa shape index (κ2) is 7.33. The summed E-state index contributed by atoms with van der Waals surface area (Å²) in [5.41, 5.74) is 1.03. The summed E-state index contributed by atoms with van der Waals surface area (Å²) >= 11 is 0. The number of benzene rings is 1. The first-order valence-corrected chi connectivity index (χ1v) is 6.59. The lowest BCUT2D eigenvalue weighted by atomic mass is 10.3. The highest BCUT2D eigenvalue weighted by Crippen LogP contribution is 2.27. The van der Waals surface area contributed by atoms with Crippen LogP contribution >= 0.6 is 0 Å². The fraction of sp³-hybridized carbons (Fsp3) is 0.333. The van der Waals surface area contributed by atoms with Gasteiger partial charge in [-0.1, -0.05) is 0 Å². The average molecular weight is 289 g/mol. The fourth-order valence-electron chi connectivity index (χ4n) is 1.68. The molecular weight excluding hydrogens is 270 g/mol. The van der Waals surface area contributed by atoms with Crippen molar-refractivity contribution in [2.45, 2.75) is 6.92 Å². The fourth-order valence-corrected chi connectivity index (χ4v) is 1.68. The van der Waals surface area contributed by atoms with Gasteiger partial charge in [-0.3, -0.25) is 0 Å². The third-order valence-electron chi connectivity index (χ3n) is 2.76. The summed E-state index contributed by atoms with van der Waals surface area (Å²) in [6, 6.07) is 5.42. The number of anilines is 1. The largest absolute Gasteiger partial charge is 0.496 e. The Labute approximate surface area is 124 Å². The molecule has 0 saturated heterocycles. The summed E-state index contributed by atoms with van der Waals surface area (Å²) in [6.07, 6.45) is 3.53. The molecule has 0 aliphatic heterocycles. The topological polar surface area (TPSA) is 65.5 Å². The summed E-state index contributed by atoms with van der Waals surface area (Å²) in [5.74, 6) is 2.67. The van der Waals surface area contributed by atoms with Gasteiger partial charge in [0.2, 0.25) is 5.95 Å². The number of nitrogens with zero attached hydrogens (tertiary/aromatic N) is 2. The zero-order chi connectivity index (χ0) is 15.1. The van der Waals surface area contributed by atoms with Crippen LogP contribution in [0.1, 0.15) is 5.56 Å². The van der Waals surface area contributed by atoms with Crippen LogP contribution in [0.5, 0.6) is 17.2 Å². The summed E-state index contributed by atoms with van der Waals surface area (Å²) in [4.78, 5) is 8.32. The number of hydrogen-bond acceptors (Lipinski definition) is 6. The van der Waals surface area contributed by atoms with E-state index in [4.69, 9.17) is 14.2 Å². The van der Waals surface area contributed by atoms with Crippen LogP contribution < -0.4 is 19.5 Å². The monoisotopic (exact) mass is 289 g/mol. The van der Waals surface area contributed by atoms with E-state index in [9.17, 15) is 0 Å². The zero-order valence-electron chi connectivity index (χ0n) is 12.4. The Balaban J connectivity index is 1.84. The van der Waals surface area contributed by atoms with E-state index in [1.54, 1.807) is 32.7 Å². The Morgan fingerprint density at radius 2 is 1.52 bits per heavy atom. The normalized spacial score (nSPS) is 10.0. The minimum absolute atomic E-state index is 0.480. The summed E-state index contributed by atoms with van der Waals surface area (Å²) in [7, 11) is 3.21. The van der Waals surface area contributed by atoms with Crippen molar-refractivity contribution in [3.63, 3.8) is 0 Å². The number of rotatable bonds is 7. The molecule has 0 aliphatic carbocycles. The van der Waals surface area contributed by atoms with Gasteiger partial charge >= 0.3 is 0 Å². The second-order valence-corrected chi connectivity index (χ2v) is 4.41. The van der Waals surface area contributed by atoms with Crippen LogP contribution in [0.4, 0.5) is 5.95 Å². The van der Waals surface area contributed by atoms with Crippen molar-refractivity contribution >= 4 is 5.95 Å². The van der Waals surface area contributed by atoms with Gasteiger partial charge in [-0.25, -0.2) is 9.97 Å². The van der Waals surface area contributed by atoms with Gasteiger partial charge in [0.05, 0.1) is 20.8 Å². The number of aromatic nitrogens is 2. The molecule has 1 aromatic heterocycles. The highest BCUT2D eigenvalue weighted by molar-refractivity contribution is 5.42. The molecule has 6 heteroatoms. The van der Waals surface area contributed by atoms with Crippen LogP contribution in [-0.4, -0.2) is 37.3 Å². The lowest BCUT2D eigenvalue weighted by Gasteiger charge is -2.10. The van der Waals surface area contributed by atoms with Crippen LogP contribution in [0.15, 0.2) is 30.6 Å². The van der Waals surface area contributed by atoms with E-state index in [2.05, 4.69) is 15.3 Å². The predicted molar refractivity (Wildman–Crippen MR) is 80.3 cm³/mol. The molecule has 1 N–H and O–H groups in total. The number of hydrogen-bond donors (Lipinski definition) is 1. The maximum atomic E-state index is 5.66. The maximum absolute atomic E-state index is 5.66. The van der Waals surface area contributed by atoms with E-state index < -0.39 is 0 Å². The smallest absolute Gasteiger partial charge is 0.222 e. The molecule has 1 heterocycles. The molecule has 2 aromatic rings. The van der Waals surface area contributed by atoms with Crippen molar-refractivity contribution in [1.82, 2.24) is 9.97 Å². The molecule has 0 saturated carbocycles. The molecule has 0 amide bonds. The van der Waals surface area contributed by atoms with Crippen molar-refractivity contribution in [2.75, 3.05) is 32.7 Å². The highest BCUT2D eigenvalue weighted by Gasteiger charge is 2.03. The molecule has 0 radical (unpaired) electrons. The number of methoxy groups -OCH3 is 2. The van der Waals surface area contributed by atoms with Gasteiger partial charge in [-0.2, -0.15) is 0 Å². The average Bonchev–Trinajstić information content (AvgIpc) is 2.53. The summed E-state index contributed by atoms with van der Waals surface area (Å²) < 4.78 is 16.0. The van der Waals surface area contributed by atoms with E-state index >= 15 is 0 Å². The van der Waals surface area contributed by atoms with Gasteiger partial charge in [0.1, 0.15) is 23.9 Å². The van der Waals surface area contributed by atoms with E-state index in [1.807, 2.05) is 19.1 Å². The van der Waals surface area contributed by atoms with Crippen LogP contribution in [0.2, 0.25) is 0 Å². The van der Waals surface area contributed by atoms with Crippen LogP contribution in [0.3, 0.4) is 0 Å². The molecule has 0 unspecified atom stereocenters. The van der Waals surface area contributed by atoms with Crippen molar-refractivity contribution in [1.29, 1.82) is 0 Å². The molecule has 0 fully saturated rings. The third-order valence-corrected chi connectivity index (χ3v) is 2.76. The van der Waals surface area contributed by atoms with E-state index in [0.29, 0.717) is 36.3 Å². The number of aryl methyl sites for hydroxylation is 1. The van der Waals surface area contributed by atoms with E-state index in [1.165, 1.54) is 0 Å². The molecule has 0 spiro atoms. The van der Waals surface area contributed by atoms with Crippen molar-refractivity contribution in [3.05, 3.63) is 36.2 Å². The Morgan fingerprint density at radius 1 is 0.952 bits per heavy atom. The first-order valence-electron chi connectivity index (χ1n) is 6.59. The van der Waals surface area contributed by atoms with Gasteiger partial charge in [0, 0.05) is 30.6 Å². The quantitative estimate of drug-likeness (QED) is 0.789. The second-order valence-electron chi connectivity index (χ2n) is 4.41. The lowest BCUT2D eigenvalue weighted by molar-refractivity contribution is 0.324. The van der Waals surface area contributed by atoms with Gasteiger partial charge in [-0.05, 0) is 12.5 Å². The number of ether oxygens (including phenoxy) is 3. The molecule has 0 bridgehead atoms. The third kappa shape index (κ3) is 4.52. The van der Waals surface area contributed by atoms with Crippen LogP contribution in [-0.2, 0) is 0 Å². The minimum Gasteiger partial charge on any atom is -0.496 e. The molecule has 0 atom stereocenters. The molecule has 21 heavy (non-hydrogen) atoms. The van der Waals surface area contributed by atoms with Gasteiger partial charge in [-0.15, -0.1) is 0 Å². The predicted octanol–water partition coefficient (Wildman–Crippen LogP) is 2.29. The minimum atomic E-state index is 0.480. The van der Waals surface area contributed by atoms with Crippen molar-refractivity contribution in [3.8, 4) is 17.2 Å². The molecule has 6 nitrogen and oxygen atoms in total. The maximum Gasteiger partial charge on any atom is 0.222 e. The van der Waals surface area contributed by atoms with Crippen LogP contribution in [0.25, 0.3) is 0 Å². The summed E-state index contributed by atoms with van der Waals surface area (Å²) in [5, 5.41) is 3.09. The zero-order valence-corrected chi connectivity index (χ0v) is 12.4. The molecule has 112 valence electrons. The van der Waals surface area contributed by atoms with Crippen LogP contribution in [0, 0.1) is 6.92 Å².